The number of nitrogens with zero attached hydrogens (tertiary/aromatic N) is 4. The van der Waals surface area contributed by atoms with Gasteiger partial charge in [0.05, 0.1) is 12.4 Å². The van der Waals surface area contributed by atoms with Gasteiger partial charge in [0, 0.05) is 70.3 Å². The summed E-state index contributed by atoms with van der Waals surface area (Å²) in [5, 5.41) is 14.1. The number of carbonyl (C=O) groups is 1. The fourth-order valence-electron chi connectivity index (χ4n) is 4.65. The summed E-state index contributed by atoms with van der Waals surface area (Å²) in [4.78, 5) is 20.0. The van der Waals surface area contributed by atoms with E-state index in [1.165, 1.54) is 11.3 Å². The van der Waals surface area contributed by atoms with Crippen molar-refractivity contribution in [3.8, 4) is 0 Å². The molecule has 1 aliphatic carbocycles. The Labute approximate surface area is 172 Å². The maximum Gasteiger partial charge on any atom is 0.219 e. The summed E-state index contributed by atoms with van der Waals surface area (Å²) in [6.45, 7) is 6.55. The molecule has 1 amide bonds. The van der Waals surface area contributed by atoms with Crippen LogP contribution in [0.4, 0.5) is 5.69 Å². The van der Waals surface area contributed by atoms with E-state index in [1.807, 2.05) is 17.4 Å². The fraction of sp³-hybridized carbons (Fsp3) is 0.545. The van der Waals surface area contributed by atoms with Gasteiger partial charge in [0.15, 0.2) is 0 Å². The largest absolute Gasteiger partial charge is 0.391 e. The first-order valence-corrected chi connectivity index (χ1v) is 10.6. The van der Waals surface area contributed by atoms with Gasteiger partial charge in [0.2, 0.25) is 5.91 Å². The van der Waals surface area contributed by atoms with Gasteiger partial charge < -0.3 is 24.8 Å². The predicted molar refractivity (Wildman–Crippen MR) is 112 cm³/mol. The summed E-state index contributed by atoms with van der Waals surface area (Å²) in [6, 6.07) is 8.57. The number of aliphatic hydroxyl groups is 1. The summed E-state index contributed by atoms with van der Waals surface area (Å²) >= 11 is 0. The van der Waals surface area contributed by atoms with Gasteiger partial charge in [-0.15, -0.1) is 0 Å². The number of nitrogens with one attached hydrogen (secondary N) is 1. The summed E-state index contributed by atoms with van der Waals surface area (Å²) in [6.07, 6.45) is 7.11. The van der Waals surface area contributed by atoms with E-state index in [9.17, 15) is 9.90 Å². The zero-order valence-corrected chi connectivity index (χ0v) is 17.1. The maximum absolute atomic E-state index is 11.6. The van der Waals surface area contributed by atoms with Crippen LogP contribution in [-0.4, -0.2) is 63.8 Å². The zero-order valence-electron chi connectivity index (χ0n) is 17.1. The lowest BCUT2D eigenvalue weighted by atomic mass is 10.1. The van der Waals surface area contributed by atoms with Gasteiger partial charge in [-0.3, -0.25) is 4.79 Å². The molecule has 29 heavy (non-hydrogen) atoms. The number of benzene rings is 1. The molecule has 1 saturated heterocycles. The Bertz CT molecular complexity index is 801. The fourth-order valence-corrected chi connectivity index (χ4v) is 4.65. The van der Waals surface area contributed by atoms with Gasteiger partial charge in [-0.2, -0.15) is 0 Å². The first-order valence-electron chi connectivity index (χ1n) is 10.6. The van der Waals surface area contributed by atoms with Crippen LogP contribution in [-0.2, 0) is 17.9 Å². The lowest BCUT2D eigenvalue weighted by Gasteiger charge is -2.36. The average Bonchev–Trinajstić information content (AvgIpc) is 3.36. The van der Waals surface area contributed by atoms with Gasteiger partial charge in [0.25, 0.3) is 0 Å². The monoisotopic (exact) mass is 397 g/mol. The van der Waals surface area contributed by atoms with E-state index in [2.05, 4.69) is 44.0 Å². The summed E-state index contributed by atoms with van der Waals surface area (Å²) < 4.78 is 2.09. The average molecular weight is 398 g/mol. The summed E-state index contributed by atoms with van der Waals surface area (Å²) in [5.41, 5.74) is 2.47. The number of hydrogen-bond donors (Lipinski definition) is 2. The van der Waals surface area contributed by atoms with Crippen molar-refractivity contribution in [3.05, 3.63) is 48.5 Å². The third-order valence-corrected chi connectivity index (χ3v) is 6.27. The minimum Gasteiger partial charge on any atom is -0.391 e. The van der Waals surface area contributed by atoms with Crippen LogP contribution in [0.1, 0.15) is 25.3 Å². The van der Waals surface area contributed by atoms with Crippen LogP contribution in [0.5, 0.6) is 0 Å². The predicted octanol–water partition coefficient (Wildman–Crippen LogP) is 1.48. The van der Waals surface area contributed by atoms with Crippen LogP contribution in [0.2, 0.25) is 0 Å². The van der Waals surface area contributed by atoms with E-state index in [0.29, 0.717) is 5.92 Å². The second-order valence-electron chi connectivity index (χ2n) is 8.27. The molecule has 0 spiro atoms. The van der Waals surface area contributed by atoms with Crippen molar-refractivity contribution in [1.82, 2.24) is 19.8 Å². The van der Waals surface area contributed by atoms with Gasteiger partial charge >= 0.3 is 0 Å². The van der Waals surface area contributed by atoms with Gasteiger partial charge in [-0.05, 0) is 30.4 Å². The Morgan fingerprint density at radius 2 is 2.00 bits per heavy atom. The normalized spacial score (nSPS) is 24.8. The molecule has 2 N–H and O–H groups in total. The van der Waals surface area contributed by atoms with Crippen molar-refractivity contribution in [2.24, 2.45) is 5.92 Å². The molecule has 2 fully saturated rings. The molecule has 1 saturated carbocycles. The molecule has 156 valence electrons. The number of carbonyl (C=O) groups excluding carboxylic acids is 1. The lowest BCUT2D eigenvalue weighted by molar-refractivity contribution is -0.129. The minimum absolute atomic E-state index is 0.117. The molecule has 2 aromatic rings. The molecule has 3 atom stereocenters. The zero-order chi connectivity index (χ0) is 20.2. The number of hydrogen-bond acceptors (Lipinski definition) is 5. The van der Waals surface area contributed by atoms with Crippen molar-refractivity contribution in [1.29, 1.82) is 0 Å². The van der Waals surface area contributed by atoms with Crippen molar-refractivity contribution < 1.29 is 9.90 Å². The number of aromatic nitrogens is 2. The molecule has 0 radical (unpaired) electrons. The van der Waals surface area contributed by atoms with Crippen molar-refractivity contribution in [3.63, 3.8) is 0 Å². The molecule has 2 heterocycles. The first kappa shape index (κ1) is 19.9. The van der Waals surface area contributed by atoms with Gasteiger partial charge in [0.1, 0.15) is 0 Å². The molecular weight excluding hydrogens is 366 g/mol. The minimum atomic E-state index is -0.310. The van der Waals surface area contributed by atoms with E-state index in [4.69, 9.17) is 0 Å². The summed E-state index contributed by atoms with van der Waals surface area (Å²) in [5.74, 6) is 0.617. The van der Waals surface area contributed by atoms with Crippen LogP contribution >= 0.6 is 0 Å². The Morgan fingerprint density at radius 3 is 2.72 bits per heavy atom. The van der Waals surface area contributed by atoms with E-state index in [-0.39, 0.29) is 18.1 Å². The highest BCUT2D eigenvalue weighted by atomic mass is 16.3. The SMILES string of the molecule is CC(=O)N1CCN(c2ccccc2CN[C@@H]2CC(Cn3ccnc3)C[C@H]2O)CC1. The number of para-hydroxylation sites is 1. The molecule has 1 unspecified atom stereocenters. The second-order valence-corrected chi connectivity index (χ2v) is 8.27. The topological polar surface area (TPSA) is 73.6 Å². The number of imidazole rings is 1. The first-order chi connectivity index (χ1) is 14.1. The molecule has 2 aliphatic rings. The van der Waals surface area contributed by atoms with Crippen molar-refractivity contribution >= 4 is 11.6 Å². The molecule has 7 nitrogen and oxygen atoms in total. The highest BCUT2D eigenvalue weighted by Crippen LogP contribution is 2.29. The standard InChI is InChI=1S/C22H31N5O2/c1-17(28)26-8-10-27(11-9-26)21-5-3-2-4-19(21)14-24-20-12-18(13-22(20)29)15-25-7-6-23-16-25/h2-7,16,18,20,22,24,29H,8-15H2,1H3/t18?,20-,22-/m1/s1. The molecule has 7 heteroatoms. The van der Waals surface area contributed by atoms with Crippen LogP contribution in [0.25, 0.3) is 0 Å². The smallest absolute Gasteiger partial charge is 0.219 e. The number of anilines is 1. The maximum atomic E-state index is 11.6. The third kappa shape index (κ3) is 4.79. The van der Waals surface area contributed by atoms with E-state index in [0.717, 1.165) is 52.1 Å². The van der Waals surface area contributed by atoms with E-state index < -0.39 is 0 Å². The van der Waals surface area contributed by atoms with Crippen molar-refractivity contribution in [2.45, 2.75) is 45.0 Å². The molecule has 0 bridgehead atoms. The lowest BCUT2D eigenvalue weighted by Crippen LogP contribution is -2.48. The number of aliphatic hydroxyl groups excluding tert-OH is 1. The summed E-state index contributed by atoms with van der Waals surface area (Å²) in [7, 11) is 0. The van der Waals surface area contributed by atoms with Gasteiger partial charge in [-0.25, -0.2) is 4.98 Å². The van der Waals surface area contributed by atoms with Crippen LogP contribution in [0, 0.1) is 5.92 Å². The van der Waals surface area contributed by atoms with E-state index in [1.54, 1.807) is 13.1 Å². The Morgan fingerprint density at radius 1 is 1.21 bits per heavy atom. The quantitative estimate of drug-likeness (QED) is 0.773. The number of rotatable bonds is 6. The Kier molecular flexibility index (Phi) is 6.16. The van der Waals surface area contributed by atoms with Crippen molar-refractivity contribution in [2.75, 3.05) is 31.1 Å². The highest BCUT2D eigenvalue weighted by molar-refractivity contribution is 5.73. The van der Waals surface area contributed by atoms with Crippen LogP contribution in [0.3, 0.4) is 0 Å². The Hall–Kier alpha value is -2.38. The molecule has 1 aromatic carbocycles. The van der Waals surface area contributed by atoms with Gasteiger partial charge in [-0.1, -0.05) is 18.2 Å². The number of piperazine rings is 1. The molecule has 1 aliphatic heterocycles. The van der Waals surface area contributed by atoms with E-state index >= 15 is 0 Å². The molecule has 1 aromatic heterocycles. The Balaban J connectivity index is 1.34. The third-order valence-electron chi connectivity index (χ3n) is 6.27. The number of amides is 1. The molecule has 4 rings (SSSR count). The second kappa shape index (κ2) is 8.97. The highest BCUT2D eigenvalue weighted by Gasteiger charge is 2.32. The van der Waals surface area contributed by atoms with Crippen LogP contribution in [0.15, 0.2) is 43.0 Å². The van der Waals surface area contributed by atoms with Crippen LogP contribution < -0.4 is 10.2 Å². The molecular formula is C22H31N5O2.